The molecule has 0 aliphatic heterocycles. The average Bonchev–Trinajstić information content (AvgIpc) is 2.97. The summed E-state index contributed by atoms with van der Waals surface area (Å²) in [6.07, 6.45) is 9.60. The predicted molar refractivity (Wildman–Crippen MR) is 64.8 cm³/mol. The van der Waals surface area contributed by atoms with Crippen molar-refractivity contribution in [2.45, 2.75) is 38.1 Å². The molecule has 3 heteroatoms. The number of carbonyl (C=O) groups excluding carboxylic acids is 1. The zero-order valence-electron chi connectivity index (χ0n) is 10.1. The lowest BCUT2D eigenvalue weighted by atomic mass is 9.99. The Morgan fingerprint density at radius 3 is 2.69 bits per heavy atom. The molecule has 3 nitrogen and oxygen atoms in total. The maximum absolute atomic E-state index is 12.2. The lowest BCUT2D eigenvalue weighted by Crippen LogP contribution is -2.43. The fraction of sp³-hybridized carbons (Fsp3) is 0.769. The van der Waals surface area contributed by atoms with Gasteiger partial charge >= 0.3 is 0 Å². The first-order valence-electron chi connectivity index (χ1n) is 6.35. The van der Waals surface area contributed by atoms with Gasteiger partial charge in [-0.1, -0.05) is 18.6 Å². The molecule has 0 heterocycles. The van der Waals surface area contributed by atoms with Crippen molar-refractivity contribution in [2.24, 2.45) is 17.6 Å². The van der Waals surface area contributed by atoms with Crippen LogP contribution in [0.1, 0.15) is 32.1 Å². The smallest absolute Gasteiger partial charge is 0.226 e. The fourth-order valence-electron chi connectivity index (χ4n) is 3.07. The number of amides is 1. The Morgan fingerprint density at radius 2 is 2.06 bits per heavy atom. The molecule has 2 aliphatic rings. The van der Waals surface area contributed by atoms with Crippen LogP contribution in [0.15, 0.2) is 12.2 Å². The van der Waals surface area contributed by atoms with E-state index in [9.17, 15) is 4.79 Å². The third-order valence-corrected chi connectivity index (χ3v) is 4.12. The molecular weight excluding hydrogens is 200 g/mol. The highest BCUT2D eigenvalue weighted by molar-refractivity contribution is 5.79. The van der Waals surface area contributed by atoms with E-state index in [1.165, 1.54) is 12.8 Å². The lowest BCUT2D eigenvalue weighted by molar-refractivity contribution is -0.136. The maximum Gasteiger partial charge on any atom is 0.226 e. The molecule has 2 atom stereocenters. The second-order valence-electron chi connectivity index (χ2n) is 5.08. The van der Waals surface area contributed by atoms with E-state index < -0.39 is 0 Å². The lowest BCUT2D eigenvalue weighted by Gasteiger charge is -2.31. The minimum absolute atomic E-state index is 0.198. The molecule has 1 amide bonds. The van der Waals surface area contributed by atoms with E-state index in [0.717, 1.165) is 19.3 Å². The van der Waals surface area contributed by atoms with Crippen molar-refractivity contribution in [1.82, 2.24) is 4.90 Å². The quantitative estimate of drug-likeness (QED) is 0.736. The first kappa shape index (κ1) is 11.6. The highest BCUT2D eigenvalue weighted by atomic mass is 16.2. The highest BCUT2D eigenvalue weighted by Crippen LogP contribution is 2.30. The third-order valence-electron chi connectivity index (χ3n) is 4.12. The molecular formula is C13H22N2O. The van der Waals surface area contributed by atoms with E-state index in [1.54, 1.807) is 0 Å². The van der Waals surface area contributed by atoms with Gasteiger partial charge in [-0.05, 0) is 38.1 Å². The summed E-state index contributed by atoms with van der Waals surface area (Å²) in [5.74, 6) is 1.03. The van der Waals surface area contributed by atoms with Gasteiger partial charge in [0.15, 0.2) is 0 Å². The van der Waals surface area contributed by atoms with Crippen molar-refractivity contribution >= 4 is 5.91 Å². The monoisotopic (exact) mass is 222 g/mol. The van der Waals surface area contributed by atoms with Crippen LogP contribution in [0.3, 0.4) is 0 Å². The predicted octanol–water partition coefficient (Wildman–Crippen LogP) is 1.54. The molecule has 0 saturated heterocycles. The van der Waals surface area contributed by atoms with Crippen molar-refractivity contribution in [1.29, 1.82) is 0 Å². The topological polar surface area (TPSA) is 46.3 Å². The summed E-state index contributed by atoms with van der Waals surface area (Å²) in [5.41, 5.74) is 5.77. The highest BCUT2D eigenvalue weighted by Gasteiger charge is 2.34. The second-order valence-corrected chi connectivity index (χ2v) is 5.08. The molecule has 0 aromatic carbocycles. The van der Waals surface area contributed by atoms with Crippen LogP contribution in [0.2, 0.25) is 0 Å². The number of allylic oxidation sites excluding steroid dienone is 2. The van der Waals surface area contributed by atoms with E-state index in [2.05, 4.69) is 12.2 Å². The Balaban J connectivity index is 1.95. The summed E-state index contributed by atoms with van der Waals surface area (Å²) >= 11 is 0. The first-order chi connectivity index (χ1) is 7.74. The van der Waals surface area contributed by atoms with E-state index in [0.29, 0.717) is 24.4 Å². The minimum Gasteiger partial charge on any atom is -0.342 e. The van der Waals surface area contributed by atoms with Crippen molar-refractivity contribution < 1.29 is 4.79 Å². The molecule has 0 radical (unpaired) electrons. The number of carbonyl (C=O) groups is 1. The SMILES string of the molecule is CN(C(=O)C1CC=CC1)C1CCCC1CN. The molecule has 0 aromatic heterocycles. The Labute approximate surface area is 97.7 Å². The number of hydrogen-bond acceptors (Lipinski definition) is 2. The van der Waals surface area contributed by atoms with Gasteiger partial charge in [0.05, 0.1) is 0 Å². The van der Waals surface area contributed by atoms with Crippen LogP contribution in [0.25, 0.3) is 0 Å². The largest absolute Gasteiger partial charge is 0.342 e. The van der Waals surface area contributed by atoms with Crippen molar-refractivity contribution in [3.8, 4) is 0 Å². The van der Waals surface area contributed by atoms with Crippen molar-refractivity contribution in [3.05, 3.63) is 12.2 Å². The van der Waals surface area contributed by atoms with Gasteiger partial charge in [-0.25, -0.2) is 0 Å². The summed E-state index contributed by atoms with van der Waals surface area (Å²) in [4.78, 5) is 14.2. The Hall–Kier alpha value is -0.830. The van der Waals surface area contributed by atoms with Gasteiger partial charge in [-0.3, -0.25) is 4.79 Å². The molecule has 0 bridgehead atoms. The molecule has 1 fully saturated rings. The van der Waals surface area contributed by atoms with Crippen LogP contribution in [0.5, 0.6) is 0 Å². The van der Waals surface area contributed by atoms with Gasteiger partial charge in [0.25, 0.3) is 0 Å². The molecule has 2 aliphatic carbocycles. The number of rotatable bonds is 3. The van der Waals surface area contributed by atoms with Crippen LogP contribution < -0.4 is 5.73 Å². The Kier molecular flexibility index (Phi) is 3.64. The fourth-order valence-corrected chi connectivity index (χ4v) is 3.07. The van der Waals surface area contributed by atoms with Crippen LogP contribution in [-0.4, -0.2) is 30.4 Å². The van der Waals surface area contributed by atoms with Crippen LogP contribution in [-0.2, 0) is 4.79 Å². The molecule has 2 rings (SSSR count). The van der Waals surface area contributed by atoms with Gasteiger partial charge in [0.2, 0.25) is 5.91 Å². The summed E-state index contributed by atoms with van der Waals surface area (Å²) in [7, 11) is 1.96. The summed E-state index contributed by atoms with van der Waals surface area (Å²) in [6.45, 7) is 0.713. The molecule has 0 spiro atoms. The standard InChI is InChI=1S/C13H22N2O/c1-15(12-8-4-7-11(12)9-14)13(16)10-5-2-3-6-10/h2-3,10-12H,4-9,14H2,1H3. The zero-order valence-corrected chi connectivity index (χ0v) is 10.1. The van der Waals surface area contributed by atoms with E-state index in [1.807, 2.05) is 11.9 Å². The normalized spacial score (nSPS) is 29.9. The molecule has 2 N–H and O–H groups in total. The van der Waals surface area contributed by atoms with Gasteiger partial charge in [-0.2, -0.15) is 0 Å². The molecule has 16 heavy (non-hydrogen) atoms. The molecule has 0 aromatic rings. The Morgan fingerprint density at radius 1 is 1.38 bits per heavy atom. The average molecular weight is 222 g/mol. The zero-order chi connectivity index (χ0) is 11.5. The number of nitrogens with two attached hydrogens (primary N) is 1. The van der Waals surface area contributed by atoms with E-state index in [4.69, 9.17) is 5.73 Å². The number of hydrogen-bond donors (Lipinski definition) is 1. The van der Waals surface area contributed by atoms with Crippen LogP contribution >= 0.6 is 0 Å². The van der Waals surface area contributed by atoms with Gasteiger partial charge in [0, 0.05) is 19.0 Å². The summed E-state index contributed by atoms with van der Waals surface area (Å²) in [5, 5.41) is 0. The van der Waals surface area contributed by atoms with Crippen molar-refractivity contribution in [2.75, 3.05) is 13.6 Å². The molecule has 90 valence electrons. The van der Waals surface area contributed by atoms with E-state index in [-0.39, 0.29) is 5.92 Å². The number of nitrogens with zero attached hydrogens (tertiary/aromatic N) is 1. The van der Waals surface area contributed by atoms with E-state index >= 15 is 0 Å². The van der Waals surface area contributed by atoms with Crippen LogP contribution in [0.4, 0.5) is 0 Å². The van der Waals surface area contributed by atoms with Crippen LogP contribution in [0, 0.1) is 11.8 Å². The van der Waals surface area contributed by atoms with Gasteiger partial charge in [-0.15, -0.1) is 0 Å². The second kappa shape index (κ2) is 5.00. The molecule has 2 unspecified atom stereocenters. The first-order valence-corrected chi connectivity index (χ1v) is 6.35. The third kappa shape index (κ3) is 2.14. The summed E-state index contributed by atoms with van der Waals surface area (Å²) < 4.78 is 0. The molecule has 1 saturated carbocycles. The summed E-state index contributed by atoms with van der Waals surface area (Å²) in [6, 6.07) is 0.387. The maximum atomic E-state index is 12.2. The van der Waals surface area contributed by atoms with Crippen molar-refractivity contribution in [3.63, 3.8) is 0 Å². The Bertz CT molecular complexity index is 280. The van der Waals surface area contributed by atoms with Gasteiger partial charge in [0.1, 0.15) is 0 Å². The minimum atomic E-state index is 0.198. The van der Waals surface area contributed by atoms with Gasteiger partial charge < -0.3 is 10.6 Å².